The van der Waals surface area contributed by atoms with Gasteiger partial charge in [0.05, 0.1) is 25.4 Å². The van der Waals surface area contributed by atoms with Gasteiger partial charge in [-0.3, -0.25) is 13.8 Å². The van der Waals surface area contributed by atoms with Crippen LogP contribution in [0.25, 0.3) is 0 Å². The van der Waals surface area contributed by atoms with E-state index >= 15 is 0 Å². The van der Waals surface area contributed by atoms with Crippen molar-refractivity contribution < 1.29 is 28.4 Å². The number of carbonyl (C=O) groups excluding carboxylic acids is 1. The maximum absolute atomic E-state index is 12.7. The molecule has 0 aromatic heterocycles. The van der Waals surface area contributed by atoms with Crippen molar-refractivity contribution in [3.05, 3.63) is 60.8 Å². The monoisotopic (exact) mass is 765 g/mol. The van der Waals surface area contributed by atoms with Gasteiger partial charge in [0.1, 0.15) is 0 Å². The summed E-state index contributed by atoms with van der Waals surface area (Å²) < 4.78 is 22.1. The van der Waals surface area contributed by atoms with Crippen LogP contribution in [0.2, 0.25) is 0 Å². The Balaban J connectivity index is 4.29. The molecule has 53 heavy (non-hydrogen) atoms. The fraction of sp³-hybridized carbons (Fsp3) is 0.750. The van der Waals surface area contributed by atoms with Crippen molar-refractivity contribution in [2.45, 2.75) is 193 Å². The summed E-state index contributed by atoms with van der Waals surface area (Å²) in [6, 6.07) is -0.884. The lowest BCUT2D eigenvalue weighted by Crippen LogP contribution is -2.45. The third-order valence-corrected chi connectivity index (χ3v) is 10.1. The molecule has 0 saturated carbocycles. The van der Waals surface area contributed by atoms with Crippen LogP contribution in [0.3, 0.4) is 0 Å². The number of nitrogens with two attached hydrogens (primary N) is 1. The topological polar surface area (TPSA) is 131 Å². The molecule has 0 aliphatic rings. The first-order chi connectivity index (χ1) is 25.9. The molecule has 0 aromatic carbocycles. The third-order valence-electron chi connectivity index (χ3n) is 9.10. The van der Waals surface area contributed by atoms with Gasteiger partial charge >= 0.3 is 7.82 Å². The number of carbonyl (C=O) groups is 1. The highest BCUT2D eigenvalue weighted by Gasteiger charge is 2.26. The lowest BCUT2D eigenvalue weighted by atomic mass is 10.0. The van der Waals surface area contributed by atoms with Crippen LogP contribution >= 0.6 is 7.82 Å². The zero-order valence-corrected chi connectivity index (χ0v) is 34.9. The van der Waals surface area contributed by atoms with E-state index in [0.29, 0.717) is 12.8 Å². The van der Waals surface area contributed by atoms with E-state index < -0.39 is 20.0 Å². The molecule has 0 fully saturated rings. The number of aliphatic hydroxyl groups is 1. The van der Waals surface area contributed by atoms with Gasteiger partial charge in [-0.05, 0) is 57.8 Å². The fourth-order valence-electron chi connectivity index (χ4n) is 5.89. The van der Waals surface area contributed by atoms with Crippen molar-refractivity contribution in [3.63, 3.8) is 0 Å². The number of hydrogen-bond donors (Lipinski definition) is 4. The number of unbranched alkanes of at least 4 members (excludes halogenated alkanes) is 19. The quantitative estimate of drug-likeness (QED) is 0.0278. The van der Waals surface area contributed by atoms with E-state index in [9.17, 15) is 19.4 Å². The number of phosphoric acid groups is 1. The molecule has 8 nitrogen and oxygen atoms in total. The van der Waals surface area contributed by atoms with Gasteiger partial charge in [0.2, 0.25) is 5.91 Å². The van der Waals surface area contributed by atoms with E-state index in [1.54, 1.807) is 6.08 Å². The summed E-state index contributed by atoms with van der Waals surface area (Å²) in [5.74, 6) is -0.236. The minimum atomic E-state index is -4.35. The minimum Gasteiger partial charge on any atom is -0.387 e. The number of allylic oxidation sites excluding steroid dienone is 9. The largest absolute Gasteiger partial charge is 0.472 e. The molecule has 5 N–H and O–H groups in total. The molecule has 0 aliphatic carbocycles. The number of hydrogen-bond acceptors (Lipinski definition) is 6. The van der Waals surface area contributed by atoms with Gasteiger partial charge < -0.3 is 21.1 Å². The molecular formula is C44H81N2O6P. The van der Waals surface area contributed by atoms with Crippen molar-refractivity contribution in [1.29, 1.82) is 0 Å². The van der Waals surface area contributed by atoms with Crippen molar-refractivity contribution in [1.82, 2.24) is 5.32 Å². The van der Waals surface area contributed by atoms with E-state index in [2.05, 4.69) is 67.8 Å². The van der Waals surface area contributed by atoms with Gasteiger partial charge in [0.25, 0.3) is 0 Å². The first-order valence-electron chi connectivity index (χ1n) is 21.4. The summed E-state index contributed by atoms with van der Waals surface area (Å²) in [6.45, 7) is 3.98. The second-order valence-electron chi connectivity index (χ2n) is 14.2. The molecule has 0 radical (unpaired) electrons. The summed E-state index contributed by atoms with van der Waals surface area (Å²) in [5, 5.41) is 13.6. The summed E-state index contributed by atoms with van der Waals surface area (Å²) in [7, 11) is -4.35. The van der Waals surface area contributed by atoms with Crippen LogP contribution in [0, 0.1) is 0 Å². The first kappa shape index (κ1) is 51.2. The van der Waals surface area contributed by atoms with Crippen LogP contribution in [0.15, 0.2) is 60.8 Å². The SMILES string of the molecule is CC/C=C\C/C=C\C/C=C\C/C=C\CCCCC(=O)NC(COP(=O)(O)OCCN)C(O)/C=C/CCCCCCCCCCCCCCCCCCC. The fourth-order valence-corrected chi connectivity index (χ4v) is 6.65. The molecule has 0 bridgehead atoms. The maximum Gasteiger partial charge on any atom is 0.472 e. The lowest BCUT2D eigenvalue weighted by Gasteiger charge is -2.23. The highest BCUT2D eigenvalue weighted by molar-refractivity contribution is 7.47. The summed E-state index contributed by atoms with van der Waals surface area (Å²) in [6.07, 6.45) is 49.9. The molecule has 0 heterocycles. The summed E-state index contributed by atoms with van der Waals surface area (Å²) >= 11 is 0. The second kappa shape index (κ2) is 39.9. The third kappa shape index (κ3) is 38.3. The Morgan fingerprint density at radius 2 is 1.09 bits per heavy atom. The Morgan fingerprint density at radius 1 is 0.642 bits per heavy atom. The molecule has 9 heteroatoms. The van der Waals surface area contributed by atoms with E-state index in [0.717, 1.165) is 57.8 Å². The van der Waals surface area contributed by atoms with Gasteiger partial charge in [-0.2, -0.15) is 0 Å². The molecule has 3 unspecified atom stereocenters. The van der Waals surface area contributed by atoms with Crippen molar-refractivity contribution in [2.24, 2.45) is 5.73 Å². The average Bonchev–Trinajstić information content (AvgIpc) is 3.14. The zero-order valence-electron chi connectivity index (χ0n) is 34.0. The van der Waals surface area contributed by atoms with E-state index in [4.69, 9.17) is 14.8 Å². The van der Waals surface area contributed by atoms with Crippen molar-refractivity contribution in [3.8, 4) is 0 Å². The number of amides is 1. The van der Waals surface area contributed by atoms with Crippen LogP contribution in [-0.4, -0.2) is 47.8 Å². The van der Waals surface area contributed by atoms with Crippen LogP contribution in [0.5, 0.6) is 0 Å². The first-order valence-corrected chi connectivity index (χ1v) is 22.9. The second-order valence-corrected chi connectivity index (χ2v) is 15.6. The molecule has 0 aliphatic heterocycles. The standard InChI is InChI=1S/C44H81N2O6P/c1-3-5-7-9-11-13-15-17-19-20-21-22-24-25-27-29-31-33-35-37-43(47)42(41-52-53(49,50)51-40-39-45)46-44(48)38-36-34-32-30-28-26-23-18-16-14-12-10-8-6-4-2/h6,8,12,14,18,23,28,30,35,37,42-43,47H,3-5,7,9-11,13,15-17,19-22,24-27,29,31-34,36,38-41,45H2,1-2H3,(H,46,48)(H,49,50)/b8-6-,14-12-,23-18-,30-28-,37-35+. The van der Waals surface area contributed by atoms with E-state index in [1.807, 2.05) is 6.08 Å². The highest BCUT2D eigenvalue weighted by atomic mass is 31.2. The zero-order chi connectivity index (χ0) is 38.9. The molecule has 0 saturated heterocycles. The van der Waals surface area contributed by atoms with Gasteiger partial charge in [-0.15, -0.1) is 0 Å². The molecule has 0 spiro atoms. The van der Waals surface area contributed by atoms with E-state index in [-0.39, 0.29) is 25.7 Å². The molecule has 308 valence electrons. The maximum atomic E-state index is 12.7. The predicted molar refractivity (Wildman–Crippen MR) is 226 cm³/mol. The highest BCUT2D eigenvalue weighted by Crippen LogP contribution is 2.43. The minimum absolute atomic E-state index is 0.0692. The molecular weight excluding hydrogens is 683 g/mol. The molecule has 0 aromatic rings. The Morgan fingerprint density at radius 3 is 1.60 bits per heavy atom. The predicted octanol–water partition coefficient (Wildman–Crippen LogP) is 11.9. The van der Waals surface area contributed by atoms with Crippen LogP contribution in [0.1, 0.15) is 181 Å². The lowest BCUT2D eigenvalue weighted by molar-refractivity contribution is -0.123. The van der Waals surface area contributed by atoms with Crippen molar-refractivity contribution in [2.75, 3.05) is 19.8 Å². The summed E-state index contributed by atoms with van der Waals surface area (Å²) in [5.41, 5.74) is 5.37. The van der Waals surface area contributed by atoms with Gasteiger partial charge in [0, 0.05) is 13.0 Å². The molecule has 0 rings (SSSR count). The molecule has 1 amide bonds. The van der Waals surface area contributed by atoms with Gasteiger partial charge in [0.15, 0.2) is 0 Å². The average molecular weight is 765 g/mol. The Kier molecular flexibility index (Phi) is 38.5. The summed E-state index contributed by atoms with van der Waals surface area (Å²) in [4.78, 5) is 22.7. The van der Waals surface area contributed by atoms with Gasteiger partial charge in [-0.1, -0.05) is 177 Å². The van der Waals surface area contributed by atoms with Crippen molar-refractivity contribution >= 4 is 13.7 Å². The molecule has 3 atom stereocenters. The van der Waals surface area contributed by atoms with E-state index in [1.165, 1.54) is 96.3 Å². The van der Waals surface area contributed by atoms with Crippen LogP contribution < -0.4 is 11.1 Å². The smallest absolute Gasteiger partial charge is 0.387 e. The van der Waals surface area contributed by atoms with Crippen LogP contribution in [-0.2, 0) is 18.4 Å². The Hall–Kier alpha value is -1.80. The van der Waals surface area contributed by atoms with Crippen LogP contribution in [0.4, 0.5) is 0 Å². The number of rotatable bonds is 39. The Bertz CT molecular complexity index is 1010. The van der Waals surface area contributed by atoms with Gasteiger partial charge in [-0.25, -0.2) is 4.57 Å². The normalized spacial score (nSPS) is 14.7. The number of nitrogens with one attached hydrogen (secondary N) is 1. The number of phosphoric ester groups is 1. The Labute approximate surface area is 325 Å². The number of aliphatic hydroxyl groups excluding tert-OH is 1.